The van der Waals surface area contributed by atoms with Gasteiger partial charge in [0.1, 0.15) is 15.5 Å². The number of carboxylic acid groups (broad SMARTS) is 1. The molecule has 0 fully saturated rings. The summed E-state index contributed by atoms with van der Waals surface area (Å²) < 4.78 is 0.974. The van der Waals surface area contributed by atoms with Crippen molar-refractivity contribution in [2.45, 2.75) is 26.7 Å². The van der Waals surface area contributed by atoms with Crippen LogP contribution in [0.25, 0.3) is 21.3 Å². The van der Waals surface area contributed by atoms with Crippen LogP contribution in [-0.4, -0.2) is 40.2 Å². The monoisotopic (exact) mass is 475 g/mol. The zero-order chi connectivity index (χ0) is 21.0. The number of thiophene rings is 1. The van der Waals surface area contributed by atoms with Crippen LogP contribution in [-0.2, 0) is 0 Å². The first-order valence-electron chi connectivity index (χ1n) is 9.29. The number of hydrogen-bond acceptors (Lipinski definition) is 5. The van der Waals surface area contributed by atoms with Crippen molar-refractivity contribution in [3.8, 4) is 11.1 Å². The molecule has 3 rings (SSSR count). The molecule has 0 aliphatic rings. The van der Waals surface area contributed by atoms with Gasteiger partial charge in [-0.2, -0.15) is 0 Å². The Balaban J connectivity index is 2.21. The van der Waals surface area contributed by atoms with Crippen molar-refractivity contribution in [2.75, 3.05) is 18.5 Å². The second kappa shape index (κ2) is 9.47. The van der Waals surface area contributed by atoms with Crippen molar-refractivity contribution >= 4 is 55.0 Å². The average molecular weight is 476 g/mol. The van der Waals surface area contributed by atoms with Gasteiger partial charge in [0.05, 0.1) is 5.69 Å². The highest BCUT2D eigenvalue weighted by Gasteiger charge is 2.23. The van der Waals surface area contributed by atoms with E-state index in [4.69, 9.17) is 5.11 Å². The Labute approximate surface area is 181 Å². The number of amidine groups is 1. The molecule has 0 aliphatic heterocycles. The molecule has 0 saturated heterocycles. The number of carboxylic acids is 1. The number of anilines is 1. The standard InChI is InChI=1S/C21H22BrN3O3S/c1-3-16(23-9-4-10-26)25-18-17-15(13-5-7-14(22)8-6-13)11-12(2)24-20(17)29-19(18)21(27)28/h5-8,11,26H,3-4,9-10H2,1-2H3,(H,23,25)(H,27,28). The number of aromatic nitrogens is 1. The van der Waals surface area contributed by atoms with Crippen LogP contribution in [0.5, 0.6) is 0 Å². The van der Waals surface area contributed by atoms with E-state index in [1.807, 2.05) is 44.2 Å². The van der Waals surface area contributed by atoms with E-state index in [1.54, 1.807) is 0 Å². The molecule has 2 aromatic heterocycles. The van der Waals surface area contributed by atoms with Gasteiger partial charge in [-0.25, -0.2) is 9.78 Å². The number of aliphatic hydroxyl groups excluding tert-OH is 1. The third-order valence-corrected chi connectivity index (χ3v) is 5.96. The van der Waals surface area contributed by atoms with E-state index in [0.717, 1.165) is 38.0 Å². The first-order chi connectivity index (χ1) is 13.9. The molecule has 0 unspecified atom stereocenters. The zero-order valence-corrected chi connectivity index (χ0v) is 18.6. The number of aryl methyl sites for hydroxylation is 1. The molecule has 0 atom stereocenters. The predicted molar refractivity (Wildman–Crippen MR) is 122 cm³/mol. The van der Waals surface area contributed by atoms with E-state index >= 15 is 0 Å². The third-order valence-electron chi connectivity index (χ3n) is 4.36. The van der Waals surface area contributed by atoms with Crippen molar-refractivity contribution in [1.82, 2.24) is 4.98 Å². The molecule has 3 N–H and O–H groups in total. The van der Waals surface area contributed by atoms with E-state index in [1.165, 1.54) is 0 Å². The molecular weight excluding hydrogens is 454 g/mol. The number of aliphatic imine (C=N–C) groups is 1. The number of halogens is 1. The minimum atomic E-state index is -0.999. The molecule has 0 amide bonds. The van der Waals surface area contributed by atoms with Gasteiger partial charge >= 0.3 is 5.97 Å². The number of rotatable bonds is 7. The number of pyridine rings is 1. The number of aliphatic hydroxyl groups is 1. The summed E-state index contributed by atoms with van der Waals surface area (Å²) in [5, 5.41) is 22.8. The SMILES string of the molecule is CCC(=NCCCO)Nc1c(C(=O)O)sc2nc(C)cc(-c3ccc(Br)cc3)c12. The lowest BCUT2D eigenvalue weighted by Gasteiger charge is -2.12. The van der Waals surface area contributed by atoms with Gasteiger partial charge in [0.15, 0.2) is 0 Å². The summed E-state index contributed by atoms with van der Waals surface area (Å²) in [6.45, 7) is 4.41. The number of nitrogens with one attached hydrogen (secondary N) is 1. The van der Waals surface area contributed by atoms with Crippen LogP contribution in [0.2, 0.25) is 0 Å². The second-order valence-electron chi connectivity index (χ2n) is 6.49. The quantitative estimate of drug-likeness (QED) is 0.243. The Bertz CT molecular complexity index is 1060. The van der Waals surface area contributed by atoms with Gasteiger partial charge in [-0.1, -0.05) is 35.0 Å². The van der Waals surface area contributed by atoms with E-state index in [9.17, 15) is 9.90 Å². The van der Waals surface area contributed by atoms with Gasteiger partial charge in [-0.05, 0) is 42.7 Å². The largest absolute Gasteiger partial charge is 0.477 e. The summed E-state index contributed by atoms with van der Waals surface area (Å²) in [4.78, 5) is 21.9. The molecular formula is C21H22BrN3O3S. The van der Waals surface area contributed by atoms with Crippen molar-refractivity contribution in [3.05, 3.63) is 45.4 Å². The fraction of sp³-hybridized carbons (Fsp3) is 0.286. The molecule has 8 heteroatoms. The molecule has 152 valence electrons. The van der Waals surface area contributed by atoms with Crippen molar-refractivity contribution in [3.63, 3.8) is 0 Å². The third kappa shape index (κ3) is 4.83. The molecule has 2 heterocycles. The molecule has 0 saturated carbocycles. The maximum atomic E-state index is 12.0. The van der Waals surface area contributed by atoms with Gasteiger partial charge in [0.25, 0.3) is 0 Å². The lowest BCUT2D eigenvalue weighted by atomic mass is 10.0. The fourth-order valence-corrected chi connectivity index (χ4v) is 4.32. The van der Waals surface area contributed by atoms with Crippen LogP contribution in [0.1, 0.15) is 35.1 Å². The summed E-state index contributed by atoms with van der Waals surface area (Å²) >= 11 is 4.62. The smallest absolute Gasteiger partial charge is 0.348 e. The van der Waals surface area contributed by atoms with Crippen LogP contribution < -0.4 is 5.32 Å². The van der Waals surface area contributed by atoms with Crippen LogP contribution in [0.4, 0.5) is 5.69 Å². The van der Waals surface area contributed by atoms with E-state index < -0.39 is 5.97 Å². The lowest BCUT2D eigenvalue weighted by molar-refractivity contribution is 0.0703. The first kappa shape index (κ1) is 21.4. The number of fused-ring (bicyclic) bond motifs is 1. The van der Waals surface area contributed by atoms with Gasteiger partial charge in [-0.15, -0.1) is 11.3 Å². The number of benzene rings is 1. The summed E-state index contributed by atoms with van der Waals surface area (Å²) in [6.07, 6.45) is 1.18. The van der Waals surface area contributed by atoms with Crippen LogP contribution in [0.15, 0.2) is 39.8 Å². The minimum Gasteiger partial charge on any atom is -0.477 e. The van der Waals surface area contributed by atoms with Gasteiger partial charge < -0.3 is 15.5 Å². The molecule has 6 nitrogen and oxygen atoms in total. The summed E-state index contributed by atoms with van der Waals surface area (Å²) in [5.41, 5.74) is 3.26. The second-order valence-corrected chi connectivity index (χ2v) is 8.41. The maximum absolute atomic E-state index is 12.0. The Morgan fingerprint density at radius 2 is 2.03 bits per heavy atom. The van der Waals surface area contributed by atoms with Crippen LogP contribution in [0, 0.1) is 6.92 Å². The Kier molecular flexibility index (Phi) is 7.00. The molecule has 0 spiro atoms. The highest BCUT2D eigenvalue weighted by molar-refractivity contribution is 9.10. The van der Waals surface area contributed by atoms with Crippen LogP contribution in [0.3, 0.4) is 0 Å². The average Bonchev–Trinajstić information content (AvgIpc) is 3.05. The minimum absolute atomic E-state index is 0.0686. The van der Waals surface area contributed by atoms with Gasteiger partial charge in [0, 0.05) is 35.1 Å². The van der Waals surface area contributed by atoms with E-state index in [2.05, 4.69) is 31.2 Å². The van der Waals surface area contributed by atoms with Crippen LogP contribution >= 0.6 is 27.3 Å². The maximum Gasteiger partial charge on any atom is 0.348 e. The zero-order valence-electron chi connectivity index (χ0n) is 16.2. The Morgan fingerprint density at radius 1 is 1.31 bits per heavy atom. The van der Waals surface area contributed by atoms with Gasteiger partial charge in [0.2, 0.25) is 0 Å². The fourth-order valence-electron chi connectivity index (χ4n) is 3.02. The molecule has 0 radical (unpaired) electrons. The Morgan fingerprint density at radius 3 is 2.66 bits per heavy atom. The number of hydrogen-bond donors (Lipinski definition) is 3. The highest BCUT2D eigenvalue weighted by atomic mass is 79.9. The Hall–Kier alpha value is -2.29. The lowest BCUT2D eigenvalue weighted by Crippen LogP contribution is -2.14. The van der Waals surface area contributed by atoms with E-state index in [-0.39, 0.29) is 11.5 Å². The van der Waals surface area contributed by atoms with Crippen molar-refractivity contribution < 1.29 is 15.0 Å². The number of nitrogens with zero attached hydrogens (tertiary/aromatic N) is 2. The summed E-state index contributed by atoms with van der Waals surface area (Å²) in [7, 11) is 0. The van der Waals surface area contributed by atoms with Crippen molar-refractivity contribution in [1.29, 1.82) is 0 Å². The summed E-state index contributed by atoms with van der Waals surface area (Å²) in [6, 6.07) is 9.89. The normalized spacial score (nSPS) is 11.8. The van der Waals surface area contributed by atoms with Crippen molar-refractivity contribution in [2.24, 2.45) is 4.99 Å². The highest BCUT2D eigenvalue weighted by Crippen LogP contribution is 2.41. The predicted octanol–water partition coefficient (Wildman–Crippen LogP) is 5.34. The number of aromatic carboxylic acids is 1. The molecule has 0 aliphatic carbocycles. The number of carbonyl (C=O) groups is 1. The molecule has 3 aromatic rings. The summed E-state index contributed by atoms with van der Waals surface area (Å²) in [5.74, 6) is -0.316. The van der Waals surface area contributed by atoms with E-state index in [0.29, 0.717) is 35.7 Å². The molecule has 1 aromatic carbocycles. The topological polar surface area (TPSA) is 94.8 Å². The molecule has 0 bridgehead atoms. The molecule has 29 heavy (non-hydrogen) atoms. The first-order valence-corrected chi connectivity index (χ1v) is 10.9. The van der Waals surface area contributed by atoms with Gasteiger partial charge in [-0.3, -0.25) is 4.99 Å².